The van der Waals surface area contributed by atoms with Crippen molar-refractivity contribution in [3.63, 3.8) is 0 Å². The fraction of sp³-hybridized carbons (Fsp3) is 0.625. The van der Waals surface area contributed by atoms with Crippen LogP contribution < -0.4 is 0 Å². The highest BCUT2D eigenvalue weighted by atomic mass is 35.5. The number of hydrogen-bond donors (Lipinski definition) is 0. The number of likely N-dealkylation sites (N-methyl/N-ethyl adjacent to an activating group) is 1. The number of benzene rings is 1. The van der Waals surface area contributed by atoms with E-state index in [1.807, 2.05) is 12.1 Å². The standard InChI is InChI=1S/C24H32ClN5O2/c1-28-9-11-29(12-10-28)24(31)17-5-3-16(4-6-17)23-27-26-22-15-20(32-2)14-18-13-19(25)7-8-21(18)30(22)23/h7-8,13,16-17,20H,3-6,9-12,14-15H2,1-2H3/t16-,17-,20?. The molecule has 2 aromatic rings. The van der Waals surface area contributed by atoms with Crippen molar-refractivity contribution in [1.82, 2.24) is 24.6 Å². The molecule has 1 atom stereocenters. The van der Waals surface area contributed by atoms with Gasteiger partial charge < -0.3 is 14.5 Å². The summed E-state index contributed by atoms with van der Waals surface area (Å²) < 4.78 is 7.95. The highest BCUT2D eigenvalue weighted by Gasteiger charge is 2.34. The normalized spacial score (nSPS) is 26.3. The summed E-state index contributed by atoms with van der Waals surface area (Å²) in [7, 11) is 3.87. The highest BCUT2D eigenvalue weighted by molar-refractivity contribution is 6.30. The van der Waals surface area contributed by atoms with Crippen molar-refractivity contribution in [3.8, 4) is 5.69 Å². The van der Waals surface area contributed by atoms with Gasteiger partial charge in [0.25, 0.3) is 0 Å². The Morgan fingerprint density at radius 3 is 2.53 bits per heavy atom. The van der Waals surface area contributed by atoms with Crippen LogP contribution in [-0.4, -0.2) is 76.9 Å². The fourth-order valence-electron chi connectivity index (χ4n) is 5.50. The number of carbonyl (C=O) groups is 1. The molecule has 5 rings (SSSR count). The maximum atomic E-state index is 13.0. The van der Waals surface area contributed by atoms with Gasteiger partial charge in [0.15, 0.2) is 0 Å². The Labute approximate surface area is 194 Å². The first-order chi connectivity index (χ1) is 15.5. The Bertz CT molecular complexity index is 977. The lowest BCUT2D eigenvalue weighted by Crippen LogP contribution is -2.49. The Kier molecular flexibility index (Phi) is 6.23. The summed E-state index contributed by atoms with van der Waals surface area (Å²) >= 11 is 6.31. The number of fused-ring (bicyclic) bond motifs is 3. The van der Waals surface area contributed by atoms with Crippen LogP contribution in [0.2, 0.25) is 5.02 Å². The van der Waals surface area contributed by atoms with Crippen LogP contribution in [0.25, 0.3) is 5.69 Å². The molecule has 1 saturated heterocycles. The summed E-state index contributed by atoms with van der Waals surface area (Å²) in [5, 5.41) is 9.95. The zero-order valence-electron chi connectivity index (χ0n) is 19.0. The summed E-state index contributed by atoms with van der Waals surface area (Å²) in [6.07, 6.45) is 5.38. The SMILES string of the molecule is COC1Cc2cc(Cl)ccc2-n2c(nnc2[C@H]2CC[C@H](C(=O)N3CCN(C)CC3)CC2)C1. The molecule has 7 nitrogen and oxygen atoms in total. The predicted molar refractivity (Wildman–Crippen MR) is 123 cm³/mol. The molecule has 1 aromatic carbocycles. The third kappa shape index (κ3) is 4.18. The lowest BCUT2D eigenvalue weighted by Gasteiger charge is -2.36. The van der Waals surface area contributed by atoms with E-state index in [9.17, 15) is 4.79 Å². The van der Waals surface area contributed by atoms with Crippen LogP contribution >= 0.6 is 11.6 Å². The molecule has 0 N–H and O–H groups in total. The van der Waals surface area contributed by atoms with Crippen LogP contribution in [0.4, 0.5) is 0 Å². The van der Waals surface area contributed by atoms with Crippen molar-refractivity contribution in [2.75, 3.05) is 40.3 Å². The average Bonchev–Trinajstić information content (AvgIpc) is 3.15. The second kappa shape index (κ2) is 9.12. The second-order valence-electron chi connectivity index (χ2n) is 9.53. The Morgan fingerprint density at radius 1 is 1.06 bits per heavy atom. The van der Waals surface area contributed by atoms with Crippen LogP contribution in [0.5, 0.6) is 0 Å². The number of methoxy groups -OCH3 is 1. The molecule has 1 amide bonds. The summed E-state index contributed by atoms with van der Waals surface area (Å²) in [5.74, 6) is 2.77. The van der Waals surface area contributed by atoms with Gasteiger partial charge >= 0.3 is 0 Å². The van der Waals surface area contributed by atoms with Crippen LogP contribution in [0.3, 0.4) is 0 Å². The van der Waals surface area contributed by atoms with Crippen molar-refractivity contribution >= 4 is 17.5 Å². The molecule has 2 fully saturated rings. The van der Waals surface area contributed by atoms with Crippen molar-refractivity contribution in [2.24, 2.45) is 5.92 Å². The lowest BCUT2D eigenvalue weighted by molar-refractivity contribution is -0.138. The molecule has 0 bridgehead atoms. The van der Waals surface area contributed by atoms with E-state index in [4.69, 9.17) is 16.3 Å². The molecule has 1 aromatic heterocycles. The Morgan fingerprint density at radius 2 is 1.81 bits per heavy atom. The largest absolute Gasteiger partial charge is 0.381 e. The number of halogens is 1. The molecule has 1 unspecified atom stereocenters. The Hall–Kier alpha value is -1.96. The minimum Gasteiger partial charge on any atom is -0.381 e. The summed E-state index contributed by atoms with van der Waals surface area (Å²) in [5.41, 5.74) is 2.28. The van der Waals surface area contributed by atoms with Gasteiger partial charge in [-0.1, -0.05) is 11.6 Å². The number of piperazine rings is 1. The number of hydrogen-bond acceptors (Lipinski definition) is 5. The second-order valence-corrected chi connectivity index (χ2v) is 9.96. The molecule has 0 radical (unpaired) electrons. The first-order valence-corrected chi connectivity index (χ1v) is 12.1. The molecule has 2 aliphatic heterocycles. The van der Waals surface area contributed by atoms with Gasteiger partial charge in [-0.05, 0) is 56.5 Å². The molecule has 1 aliphatic carbocycles. The van der Waals surface area contributed by atoms with Crippen molar-refractivity contribution in [3.05, 3.63) is 40.4 Å². The van der Waals surface area contributed by atoms with E-state index in [1.165, 1.54) is 5.56 Å². The van der Waals surface area contributed by atoms with Gasteiger partial charge in [0, 0.05) is 63.0 Å². The van der Waals surface area contributed by atoms with Gasteiger partial charge in [0.1, 0.15) is 11.6 Å². The third-order valence-corrected chi connectivity index (χ3v) is 7.72. The third-order valence-electron chi connectivity index (χ3n) is 7.49. The summed E-state index contributed by atoms with van der Waals surface area (Å²) in [6.45, 7) is 3.65. The smallest absolute Gasteiger partial charge is 0.225 e. The molecule has 32 heavy (non-hydrogen) atoms. The molecule has 3 aliphatic rings. The molecule has 0 spiro atoms. The van der Waals surface area contributed by atoms with Gasteiger partial charge in [0.2, 0.25) is 5.91 Å². The maximum absolute atomic E-state index is 13.0. The minimum absolute atomic E-state index is 0.0578. The van der Waals surface area contributed by atoms with E-state index in [2.05, 4.69) is 37.7 Å². The van der Waals surface area contributed by atoms with Gasteiger partial charge in [0.05, 0.1) is 11.8 Å². The maximum Gasteiger partial charge on any atom is 0.225 e. The number of aromatic nitrogens is 3. The first kappa shape index (κ1) is 21.9. The molecule has 8 heteroatoms. The van der Waals surface area contributed by atoms with E-state index in [-0.39, 0.29) is 12.0 Å². The van der Waals surface area contributed by atoms with Crippen LogP contribution in [0.15, 0.2) is 18.2 Å². The zero-order chi connectivity index (χ0) is 22.2. The first-order valence-electron chi connectivity index (χ1n) is 11.8. The molecular formula is C24H32ClN5O2. The van der Waals surface area contributed by atoms with Crippen molar-refractivity contribution in [1.29, 1.82) is 0 Å². The molecule has 3 heterocycles. The van der Waals surface area contributed by atoms with Gasteiger partial charge in [-0.2, -0.15) is 0 Å². The number of rotatable bonds is 3. The van der Waals surface area contributed by atoms with E-state index >= 15 is 0 Å². The van der Waals surface area contributed by atoms with E-state index in [0.29, 0.717) is 11.8 Å². The highest BCUT2D eigenvalue weighted by Crippen LogP contribution is 2.38. The van der Waals surface area contributed by atoms with E-state index in [1.54, 1.807) is 7.11 Å². The van der Waals surface area contributed by atoms with Crippen molar-refractivity contribution in [2.45, 2.75) is 50.5 Å². The number of nitrogens with zero attached hydrogens (tertiary/aromatic N) is 5. The van der Waals surface area contributed by atoms with Crippen LogP contribution in [0.1, 0.15) is 48.8 Å². The minimum atomic E-state index is 0.0578. The molecule has 1 saturated carbocycles. The Balaban J connectivity index is 1.34. The number of ether oxygens (including phenoxy) is 1. The van der Waals surface area contributed by atoms with E-state index < -0.39 is 0 Å². The number of amides is 1. The van der Waals surface area contributed by atoms with Crippen molar-refractivity contribution < 1.29 is 9.53 Å². The quantitative estimate of drug-likeness (QED) is 0.708. The van der Waals surface area contributed by atoms with Gasteiger partial charge in [-0.3, -0.25) is 9.36 Å². The fourth-order valence-corrected chi connectivity index (χ4v) is 5.69. The van der Waals surface area contributed by atoms with Gasteiger partial charge in [-0.15, -0.1) is 10.2 Å². The average molecular weight is 458 g/mol. The van der Waals surface area contributed by atoms with Crippen LogP contribution in [-0.2, 0) is 22.4 Å². The van der Waals surface area contributed by atoms with Gasteiger partial charge in [-0.25, -0.2) is 0 Å². The van der Waals surface area contributed by atoms with E-state index in [0.717, 1.165) is 87.1 Å². The predicted octanol–water partition coefficient (Wildman–Crippen LogP) is 3.08. The summed E-state index contributed by atoms with van der Waals surface area (Å²) in [6, 6.07) is 6.05. The topological polar surface area (TPSA) is 63.5 Å². The van der Waals surface area contributed by atoms with Crippen LogP contribution in [0, 0.1) is 5.92 Å². The monoisotopic (exact) mass is 457 g/mol. The number of carbonyl (C=O) groups excluding carboxylic acids is 1. The zero-order valence-corrected chi connectivity index (χ0v) is 19.7. The molecule has 172 valence electrons. The summed E-state index contributed by atoms with van der Waals surface area (Å²) in [4.78, 5) is 17.4. The molecular weight excluding hydrogens is 426 g/mol. The lowest BCUT2D eigenvalue weighted by atomic mass is 9.80.